The Morgan fingerprint density at radius 2 is 2.12 bits per heavy atom. The molecule has 84 valence electrons. The summed E-state index contributed by atoms with van der Waals surface area (Å²) < 4.78 is 2.11. The number of aryl methyl sites for hydroxylation is 1. The van der Waals surface area contributed by atoms with E-state index in [4.69, 9.17) is 5.73 Å². The van der Waals surface area contributed by atoms with E-state index in [1.54, 1.807) is 0 Å². The predicted molar refractivity (Wildman–Crippen MR) is 64.1 cm³/mol. The molecule has 2 aromatic rings. The monoisotopic (exact) mass is 216 g/mol. The van der Waals surface area contributed by atoms with Crippen molar-refractivity contribution in [3.8, 4) is 0 Å². The van der Waals surface area contributed by atoms with Gasteiger partial charge in [-0.2, -0.15) is 0 Å². The topological polar surface area (TPSA) is 56.7 Å². The first-order valence-electron chi connectivity index (χ1n) is 5.43. The van der Waals surface area contributed by atoms with Crippen LogP contribution in [0.5, 0.6) is 0 Å². The molecule has 0 fully saturated rings. The minimum atomic E-state index is 0.778. The summed E-state index contributed by atoms with van der Waals surface area (Å²) in [5.41, 5.74) is 7.70. The second-order valence-corrected chi connectivity index (χ2v) is 3.83. The Bertz CT molecular complexity index is 488. The van der Waals surface area contributed by atoms with Gasteiger partial charge in [-0.05, 0) is 31.5 Å². The van der Waals surface area contributed by atoms with E-state index in [0.717, 1.165) is 30.3 Å². The van der Waals surface area contributed by atoms with Gasteiger partial charge in [0.05, 0.1) is 0 Å². The minimum absolute atomic E-state index is 0.778. The first-order chi connectivity index (χ1) is 7.70. The van der Waals surface area contributed by atoms with Gasteiger partial charge in [0.25, 0.3) is 0 Å². The van der Waals surface area contributed by atoms with Gasteiger partial charge < -0.3 is 10.3 Å². The summed E-state index contributed by atoms with van der Waals surface area (Å²) in [6, 6.07) is 7.88. The zero-order valence-corrected chi connectivity index (χ0v) is 9.64. The third kappa shape index (κ3) is 2.05. The van der Waals surface area contributed by atoms with Gasteiger partial charge >= 0.3 is 0 Å². The highest BCUT2D eigenvalue weighted by Crippen LogP contribution is 2.12. The highest BCUT2D eigenvalue weighted by atomic mass is 15.3. The van der Waals surface area contributed by atoms with E-state index >= 15 is 0 Å². The number of aromatic nitrogens is 3. The fourth-order valence-corrected chi connectivity index (χ4v) is 1.85. The smallest absolute Gasteiger partial charge is 0.137 e. The number of nitrogens with zero attached hydrogens (tertiary/aromatic N) is 3. The van der Waals surface area contributed by atoms with Crippen LogP contribution in [-0.2, 0) is 13.0 Å². The Morgan fingerprint density at radius 3 is 2.81 bits per heavy atom. The van der Waals surface area contributed by atoms with Crippen LogP contribution < -0.4 is 5.73 Å². The summed E-state index contributed by atoms with van der Waals surface area (Å²) in [5.74, 6) is 1.95. The number of nitrogens with two attached hydrogens (primary N) is 1. The Labute approximate surface area is 95.1 Å². The standard InChI is InChI=1S/C12H16N4/c1-3-16-9(2)14-15-12(16)8-10-5-4-6-11(13)7-10/h4-7H,3,8,13H2,1-2H3. The molecule has 4 heteroatoms. The molecular formula is C12H16N4. The van der Waals surface area contributed by atoms with E-state index in [0.29, 0.717) is 0 Å². The van der Waals surface area contributed by atoms with Gasteiger partial charge in [0.2, 0.25) is 0 Å². The Balaban J connectivity index is 2.27. The SMILES string of the molecule is CCn1c(C)nnc1Cc1cccc(N)c1. The van der Waals surface area contributed by atoms with Crippen LogP contribution in [0.4, 0.5) is 5.69 Å². The zero-order chi connectivity index (χ0) is 11.5. The molecule has 0 saturated carbocycles. The van der Waals surface area contributed by atoms with Crippen LogP contribution in [0.25, 0.3) is 0 Å². The quantitative estimate of drug-likeness (QED) is 0.796. The zero-order valence-electron chi connectivity index (χ0n) is 9.64. The number of rotatable bonds is 3. The highest BCUT2D eigenvalue weighted by molar-refractivity contribution is 5.41. The molecule has 1 aromatic heterocycles. The summed E-state index contributed by atoms with van der Waals surface area (Å²) in [6.07, 6.45) is 0.778. The first-order valence-corrected chi connectivity index (χ1v) is 5.43. The normalized spacial score (nSPS) is 10.6. The third-order valence-corrected chi connectivity index (χ3v) is 2.64. The van der Waals surface area contributed by atoms with Crippen molar-refractivity contribution in [1.29, 1.82) is 0 Å². The van der Waals surface area contributed by atoms with Gasteiger partial charge in [-0.1, -0.05) is 12.1 Å². The Kier molecular flexibility index (Phi) is 2.90. The number of nitrogen functional groups attached to an aromatic ring is 1. The van der Waals surface area contributed by atoms with Gasteiger partial charge in [-0.15, -0.1) is 10.2 Å². The van der Waals surface area contributed by atoms with E-state index < -0.39 is 0 Å². The maximum atomic E-state index is 5.75. The average molecular weight is 216 g/mol. The van der Waals surface area contributed by atoms with Crippen LogP contribution in [0, 0.1) is 6.92 Å². The molecule has 0 amide bonds. The molecule has 1 aromatic carbocycles. The van der Waals surface area contributed by atoms with E-state index in [1.165, 1.54) is 5.56 Å². The first kappa shape index (κ1) is 10.7. The summed E-state index contributed by atoms with van der Waals surface area (Å²) >= 11 is 0. The lowest BCUT2D eigenvalue weighted by molar-refractivity contribution is 0.691. The van der Waals surface area contributed by atoms with Crippen molar-refractivity contribution in [2.24, 2.45) is 0 Å². The Hall–Kier alpha value is -1.84. The largest absolute Gasteiger partial charge is 0.399 e. The number of anilines is 1. The molecule has 0 radical (unpaired) electrons. The fourth-order valence-electron chi connectivity index (χ4n) is 1.85. The summed E-state index contributed by atoms with van der Waals surface area (Å²) in [4.78, 5) is 0. The van der Waals surface area contributed by atoms with Gasteiger partial charge in [-0.25, -0.2) is 0 Å². The molecule has 0 aliphatic heterocycles. The van der Waals surface area contributed by atoms with Gasteiger partial charge in [0.1, 0.15) is 11.6 Å². The van der Waals surface area contributed by atoms with Crippen LogP contribution in [-0.4, -0.2) is 14.8 Å². The van der Waals surface area contributed by atoms with Crippen molar-refractivity contribution in [2.75, 3.05) is 5.73 Å². The average Bonchev–Trinajstić information content (AvgIpc) is 2.59. The molecule has 2 N–H and O–H groups in total. The molecule has 0 unspecified atom stereocenters. The van der Waals surface area contributed by atoms with Crippen LogP contribution in [0.1, 0.15) is 24.1 Å². The lowest BCUT2D eigenvalue weighted by Gasteiger charge is -2.05. The van der Waals surface area contributed by atoms with Crippen molar-refractivity contribution in [3.05, 3.63) is 41.5 Å². The van der Waals surface area contributed by atoms with Crippen LogP contribution in [0.2, 0.25) is 0 Å². The van der Waals surface area contributed by atoms with Crippen molar-refractivity contribution in [3.63, 3.8) is 0 Å². The minimum Gasteiger partial charge on any atom is -0.399 e. The summed E-state index contributed by atoms with van der Waals surface area (Å²) in [7, 11) is 0. The predicted octanol–water partition coefficient (Wildman–Crippen LogP) is 1.78. The van der Waals surface area contributed by atoms with Crippen LogP contribution >= 0.6 is 0 Å². The lowest BCUT2D eigenvalue weighted by Crippen LogP contribution is -2.04. The van der Waals surface area contributed by atoms with Gasteiger partial charge in [-0.3, -0.25) is 0 Å². The molecule has 0 atom stereocenters. The highest BCUT2D eigenvalue weighted by Gasteiger charge is 2.07. The van der Waals surface area contributed by atoms with Crippen molar-refractivity contribution >= 4 is 5.69 Å². The summed E-state index contributed by atoms with van der Waals surface area (Å²) in [6.45, 7) is 4.97. The van der Waals surface area contributed by atoms with E-state index in [2.05, 4.69) is 27.8 Å². The molecule has 2 rings (SSSR count). The van der Waals surface area contributed by atoms with E-state index in [9.17, 15) is 0 Å². The van der Waals surface area contributed by atoms with Gasteiger partial charge in [0.15, 0.2) is 0 Å². The van der Waals surface area contributed by atoms with E-state index in [1.807, 2.05) is 25.1 Å². The van der Waals surface area contributed by atoms with Crippen LogP contribution in [0.3, 0.4) is 0 Å². The fraction of sp³-hybridized carbons (Fsp3) is 0.333. The van der Waals surface area contributed by atoms with Crippen molar-refractivity contribution in [1.82, 2.24) is 14.8 Å². The van der Waals surface area contributed by atoms with Crippen molar-refractivity contribution in [2.45, 2.75) is 26.8 Å². The molecule has 0 saturated heterocycles. The maximum Gasteiger partial charge on any atom is 0.137 e. The molecule has 0 aliphatic carbocycles. The second kappa shape index (κ2) is 4.35. The molecule has 16 heavy (non-hydrogen) atoms. The second-order valence-electron chi connectivity index (χ2n) is 3.83. The Morgan fingerprint density at radius 1 is 1.31 bits per heavy atom. The van der Waals surface area contributed by atoms with Crippen LogP contribution in [0.15, 0.2) is 24.3 Å². The number of hydrogen-bond acceptors (Lipinski definition) is 3. The molecule has 0 spiro atoms. The lowest BCUT2D eigenvalue weighted by atomic mass is 10.1. The van der Waals surface area contributed by atoms with Gasteiger partial charge in [0, 0.05) is 18.7 Å². The molecule has 4 nitrogen and oxygen atoms in total. The molecule has 0 bridgehead atoms. The third-order valence-electron chi connectivity index (χ3n) is 2.64. The van der Waals surface area contributed by atoms with Crippen molar-refractivity contribution < 1.29 is 0 Å². The molecule has 1 heterocycles. The molecular weight excluding hydrogens is 200 g/mol. The number of benzene rings is 1. The van der Waals surface area contributed by atoms with E-state index in [-0.39, 0.29) is 0 Å². The molecule has 0 aliphatic rings. The number of hydrogen-bond donors (Lipinski definition) is 1. The summed E-state index contributed by atoms with van der Waals surface area (Å²) in [5, 5.41) is 8.27. The maximum absolute atomic E-state index is 5.75.